The highest BCUT2D eigenvalue weighted by Gasteiger charge is 2.30. The van der Waals surface area contributed by atoms with Gasteiger partial charge in [-0.25, -0.2) is 9.59 Å². The van der Waals surface area contributed by atoms with Gasteiger partial charge in [-0.2, -0.15) is 0 Å². The van der Waals surface area contributed by atoms with Crippen molar-refractivity contribution in [3.8, 4) is 0 Å². The number of nitrogens with one attached hydrogen (secondary N) is 3. The van der Waals surface area contributed by atoms with Gasteiger partial charge in [0.1, 0.15) is 11.2 Å². The minimum absolute atomic E-state index is 0.00584. The Morgan fingerprint density at radius 3 is 1.35 bits per heavy atom. The molecule has 4 rings (SSSR count). The molecule has 11 heteroatoms. The van der Waals surface area contributed by atoms with Crippen molar-refractivity contribution in [2.24, 2.45) is 17.6 Å². The molecular weight excluding hydrogens is 648 g/mol. The number of nitrogens with two attached hydrogens (primary N) is 1. The van der Waals surface area contributed by atoms with E-state index in [0.717, 1.165) is 31.2 Å². The van der Waals surface area contributed by atoms with E-state index in [-0.39, 0.29) is 48.0 Å². The number of aliphatic carboxylic acids is 1. The summed E-state index contributed by atoms with van der Waals surface area (Å²) in [4.78, 5) is 46.6. The molecule has 51 heavy (non-hydrogen) atoms. The molecule has 2 aromatic carbocycles. The van der Waals surface area contributed by atoms with Gasteiger partial charge in [0.2, 0.25) is 5.91 Å². The quantitative estimate of drug-likeness (QED) is 0.194. The predicted molar refractivity (Wildman–Crippen MR) is 200 cm³/mol. The van der Waals surface area contributed by atoms with Gasteiger partial charge in [0.25, 0.3) is 0 Å². The largest absolute Gasteiger partial charge is 0.481 e. The smallest absolute Gasteiger partial charge is 0.407 e. The van der Waals surface area contributed by atoms with Crippen LogP contribution in [0.3, 0.4) is 0 Å². The molecule has 2 atom stereocenters. The molecule has 2 aliphatic rings. The summed E-state index contributed by atoms with van der Waals surface area (Å²) >= 11 is 0. The number of rotatable bonds is 7. The fraction of sp³-hybridized carbons (Fsp3) is 0.600. The van der Waals surface area contributed by atoms with Gasteiger partial charge in [-0.1, -0.05) is 60.7 Å². The third-order valence-electron chi connectivity index (χ3n) is 8.60. The van der Waals surface area contributed by atoms with E-state index < -0.39 is 23.3 Å². The van der Waals surface area contributed by atoms with E-state index in [4.69, 9.17) is 20.3 Å². The number of carboxylic acids is 1. The molecular formula is C40H62N4O7. The molecule has 11 nitrogen and oxygen atoms in total. The molecule has 0 bridgehead atoms. The lowest BCUT2D eigenvalue weighted by atomic mass is 9.85. The van der Waals surface area contributed by atoms with Gasteiger partial charge in [0, 0.05) is 24.0 Å². The van der Waals surface area contributed by atoms with Crippen LogP contribution >= 0.6 is 0 Å². The monoisotopic (exact) mass is 710 g/mol. The Kier molecular flexibility index (Phi) is 17.4. The summed E-state index contributed by atoms with van der Waals surface area (Å²) in [5.74, 6) is -0.873. The third-order valence-corrected chi connectivity index (χ3v) is 8.60. The first kappa shape index (κ1) is 43.0. The Morgan fingerprint density at radius 2 is 1.02 bits per heavy atom. The maximum absolute atomic E-state index is 12.5. The van der Waals surface area contributed by atoms with E-state index in [1.54, 1.807) is 0 Å². The van der Waals surface area contributed by atoms with Crippen molar-refractivity contribution in [1.29, 1.82) is 0 Å². The van der Waals surface area contributed by atoms with Crippen molar-refractivity contribution in [3.63, 3.8) is 0 Å². The number of amides is 3. The number of hydrogen-bond acceptors (Lipinski definition) is 7. The molecule has 0 heterocycles. The Balaban J connectivity index is 0.000000297. The van der Waals surface area contributed by atoms with Gasteiger partial charge >= 0.3 is 18.2 Å². The van der Waals surface area contributed by atoms with Crippen molar-refractivity contribution in [3.05, 3.63) is 71.8 Å². The highest BCUT2D eigenvalue weighted by Crippen LogP contribution is 2.26. The van der Waals surface area contributed by atoms with Crippen molar-refractivity contribution in [1.82, 2.24) is 16.0 Å². The molecule has 0 unspecified atom stereocenters. The van der Waals surface area contributed by atoms with E-state index in [2.05, 4.69) is 16.0 Å². The molecule has 284 valence electrons. The number of carbonyl (C=O) groups is 4. The second kappa shape index (κ2) is 20.7. The van der Waals surface area contributed by atoms with Gasteiger partial charge in [0.15, 0.2) is 0 Å². The molecule has 2 saturated carbocycles. The summed E-state index contributed by atoms with van der Waals surface area (Å²) in [7, 11) is 0. The Bertz CT molecular complexity index is 1340. The second-order valence-corrected chi connectivity index (χ2v) is 15.6. The number of carboxylic acid groups (broad SMARTS) is 1. The van der Waals surface area contributed by atoms with Gasteiger partial charge in [-0.05, 0) is 118 Å². The minimum Gasteiger partial charge on any atom is -0.481 e. The van der Waals surface area contributed by atoms with Crippen LogP contribution in [-0.2, 0) is 19.1 Å². The van der Waals surface area contributed by atoms with Crippen molar-refractivity contribution >= 4 is 24.1 Å². The maximum atomic E-state index is 12.5. The van der Waals surface area contributed by atoms with Crippen molar-refractivity contribution < 1.29 is 33.8 Å². The number of benzene rings is 2. The SMILES string of the molecule is CC(C)(C)OC(=O)NC1CCC(C(=O)O)CC1.C[C@@H](N)c1ccccc1.C[C@@H](NC(=O)C1CCC(NC(=O)OC(C)(C)C)CC1)c1ccccc1. The van der Waals surface area contributed by atoms with Crippen molar-refractivity contribution in [2.75, 3.05) is 0 Å². The summed E-state index contributed by atoms with van der Waals surface area (Å²) < 4.78 is 10.4. The lowest BCUT2D eigenvalue weighted by Gasteiger charge is -2.30. The number of carbonyl (C=O) groups excluding carboxylic acids is 3. The van der Waals surface area contributed by atoms with E-state index in [9.17, 15) is 19.2 Å². The standard InChI is InChI=1S/C20H30N2O3.C12H21NO4.C8H11N/c1-14(15-8-6-5-7-9-15)21-18(23)16-10-12-17(13-11-16)22-19(24)25-20(2,3)4;1-12(2,3)17-11(16)13-9-6-4-8(5-7-9)10(14)15;1-7(9)8-5-3-2-4-6-8/h5-9,14,16-17H,10-13H2,1-4H3,(H,21,23)(H,22,24);8-9H,4-7H2,1-3H3,(H,13,16)(H,14,15);2-7H,9H2,1H3/t14-,16?,17?;;7-/m1.1/s1. The molecule has 0 spiro atoms. The topological polar surface area (TPSA) is 169 Å². The molecule has 2 fully saturated rings. The summed E-state index contributed by atoms with van der Waals surface area (Å²) in [6.45, 7) is 15.0. The Morgan fingerprint density at radius 1 is 0.647 bits per heavy atom. The summed E-state index contributed by atoms with van der Waals surface area (Å²) in [6, 6.07) is 20.3. The van der Waals surface area contributed by atoms with E-state index in [1.165, 1.54) is 5.56 Å². The summed E-state index contributed by atoms with van der Waals surface area (Å²) in [5.41, 5.74) is 6.92. The molecule has 3 amide bonds. The zero-order valence-electron chi connectivity index (χ0n) is 31.9. The number of alkyl carbamates (subject to hydrolysis) is 2. The van der Waals surface area contributed by atoms with Crippen LogP contribution in [0.5, 0.6) is 0 Å². The number of ether oxygens (including phenoxy) is 2. The predicted octanol–water partition coefficient (Wildman–Crippen LogP) is 7.81. The average molecular weight is 711 g/mol. The molecule has 0 aromatic heterocycles. The maximum Gasteiger partial charge on any atom is 0.407 e. The molecule has 2 aliphatic carbocycles. The van der Waals surface area contributed by atoms with Crippen molar-refractivity contribution in [2.45, 2.75) is 142 Å². The highest BCUT2D eigenvalue weighted by atomic mass is 16.6. The number of hydrogen-bond donors (Lipinski definition) is 5. The summed E-state index contributed by atoms with van der Waals surface area (Å²) in [5, 5.41) is 17.6. The van der Waals surface area contributed by atoms with E-state index in [0.29, 0.717) is 25.7 Å². The zero-order valence-corrected chi connectivity index (χ0v) is 31.9. The highest BCUT2D eigenvalue weighted by molar-refractivity contribution is 5.79. The molecule has 0 saturated heterocycles. The minimum atomic E-state index is -0.735. The van der Waals surface area contributed by atoms with Crippen LogP contribution < -0.4 is 21.7 Å². The van der Waals surface area contributed by atoms with Crippen LogP contribution in [0.15, 0.2) is 60.7 Å². The van der Waals surface area contributed by atoms with Crippen LogP contribution in [0.4, 0.5) is 9.59 Å². The second-order valence-electron chi connectivity index (χ2n) is 15.6. The van der Waals surface area contributed by atoms with Crippen LogP contribution in [0.25, 0.3) is 0 Å². The fourth-order valence-electron chi connectivity index (χ4n) is 5.85. The normalized spacial score (nSPS) is 21.4. The van der Waals surface area contributed by atoms with Crippen LogP contribution in [0.1, 0.15) is 130 Å². The van der Waals surface area contributed by atoms with Crippen LogP contribution in [0.2, 0.25) is 0 Å². The van der Waals surface area contributed by atoms with Gasteiger partial charge < -0.3 is 36.3 Å². The van der Waals surface area contributed by atoms with Gasteiger partial charge in [0.05, 0.1) is 12.0 Å². The van der Waals surface area contributed by atoms with Crippen LogP contribution in [0, 0.1) is 11.8 Å². The fourth-order valence-corrected chi connectivity index (χ4v) is 5.85. The molecule has 6 N–H and O–H groups in total. The van der Waals surface area contributed by atoms with E-state index >= 15 is 0 Å². The lowest BCUT2D eigenvalue weighted by Crippen LogP contribution is -2.43. The first-order valence-electron chi connectivity index (χ1n) is 18.2. The Hall–Kier alpha value is -4.12. The first-order chi connectivity index (χ1) is 23.8. The summed E-state index contributed by atoms with van der Waals surface area (Å²) in [6.07, 6.45) is 5.03. The molecule has 0 aliphatic heterocycles. The van der Waals surface area contributed by atoms with Gasteiger partial charge in [-0.15, -0.1) is 0 Å². The molecule has 2 aromatic rings. The average Bonchev–Trinajstić information content (AvgIpc) is 3.05. The van der Waals surface area contributed by atoms with E-state index in [1.807, 2.05) is 116 Å². The Labute approximate surface area is 304 Å². The van der Waals surface area contributed by atoms with Gasteiger partial charge in [-0.3, -0.25) is 9.59 Å². The third kappa shape index (κ3) is 18.1. The lowest BCUT2D eigenvalue weighted by molar-refractivity contribution is -0.142. The molecule has 0 radical (unpaired) electrons. The first-order valence-corrected chi connectivity index (χ1v) is 18.2. The zero-order chi connectivity index (χ0) is 38.2. The van der Waals surface area contributed by atoms with Crippen LogP contribution in [-0.4, -0.2) is 52.5 Å².